The van der Waals surface area contributed by atoms with Gasteiger partial charge in [-0.25, -0.2) is 4.57 Å². The van der Waals surface area contributed by atoms with E-state index >= 15 is 0 Å². The quantitative estimate of drug-likeness (QED) is 0.157. The van der Waals surface area contributed by atoms with Crippen LogP contribution in [0.4, 0.5) is 0 Å². The van der Waals surface area contributed by atoms with Crippen molar-refractivity contribution in [1.82, 2.24) is 0 Å². The van der Waals surface area contributed by atoms with Gasteiger partial charge in [0.05, 0.1) is 20.6 Å². The van der Waals surface area contributed by atoms with E-state index in [1.165, 1.54) is 102 Å². The third-order valence-electron chi connectivity index (χ3n) is 5.57. The maximum absolute atomic E-state index is 8.46. The summed E-state index contributed by atoms with van der Waals surface area (Å²) in [5, 5.41) is 0. The largest absolute Gasteiger partial charge is 0.325 e. The van der Waals surface area contributed by atoms with Crippen LogP contribution in [0.5, 0.6) is 0 Å². The summed E-state index contributed by atoms with van der Waals surface area (Å²) in [6.45, 7) is 4.75. The molecule has 168 valence electrons. The number of benzene rings is 1. The van der Waals surface area contributed by atoms with Crippen LogP contribution >= 0.6 is 8.69 Å². The maximum Gasteiger partial charge on any atom is 0.324 e. The second-order valence-electron chi connectivity index (χ2n) is 8.98. The number of hydrogen-bond acceptors (Lipinski definition) is 1. The summed E-state index contributed by atoms with van der Waals surface area (Å²) in [6, 6.07) is 10.9. The van der Waals surface area contributed by atoms with Gasteiger partial charge in [-0.05, 0) is 12.8 Å². The van der Waals surface area contributed by atoms with Crippen LogP contribution in [0.15, 0.2) is 30.3 Å². The first-order valence-corrected chi connectivity index (χ1v) is 12.6. The molecule has 4 heteroatoms. The van der Waals surface area contributed by atoms with Crippen LogP contribution in [0.2, 0.25) is 0 Å². The molecule has 1 rings (SSSR count). The van der Waals surface area contributed by atoms with Gasteiger partial charge >= 0.3 is 8.69 Å². The van der Waals surface area contributed by atoms with Gasteiger partial charge in [-0.2, -0.15) is 0 Å². The second kappa shape index (κ2) is 20.5. The van der Waals surface area contributed by atoms with E-state index in [0.29, 0.717) is 0 Å². The van der Waals surface area contributed by atoms with E-state index in [-0.39, 0.29) is 0 Å². The molecular weight excluding hydrogens is 377 g/mol. The molecular formula is C25H47NO2P+. The maximum atomic E-state index is 8.46. The zero-order valence-electron chi connectivity index (χ0n) is 19.5. The highest BCUT2D eigenvalue weighted by Crippen LogP contribution is 2.14. The molecule has 0 atom stereocenters. The van der Waals surface area contributed by atoms with Crippen molar-refractivity contribution in [2.75, 3.05) is 20.6 Å². The number of unbranched alkanes of at least 4 members (excludes halogenated alkanes) is 13. The first-order valence-electron chi connectivity index (χ1n) is 11.9. The summed E-state index contributed by atoms with van der Waals surface area (Å²) in [7, 11) is 3.91. The van der Waals surface area contributed by atoms with Crippen molar-refractivity contribution < 1.29 is 13.9 Å². The zero-order valence-corrected chi connectivity index (χ0v) is 20.3. The summed E-state index contributed by atoms with van der Waals surface area (Å²) >= 11 is 0. The normalized spacial score (nSPS) is 11.3. The van der Waals surface area contributed by atoms with Gasteiger partial charge in [0.2, 0.25) is 0 Å². The molecule has 29 heavy (non-hydrogen) atoms. The van der Waals surface area contributed by atoms with Crippen LogP contribution in [0.3, 0.4) is 0 Å². The van der Waals surface area contributed by atoms with Gasteiger partial charge < -0.3 is 9.38 Å². The molecule has 0 heterocycles. The van der Waals surface area contributed by atoms with Gasteiger partial charge in [0, 0.05) is 5.56 Å². The molecule has 0 aliphatic carbocycles. The molecule has 0 spiro atoms. The monoisotopic (exact) mass is 424 g/mol. The predicted octanol–water partition coefficient (Wildman–Crippen LogP) is 7.93. The average molecular weight is 425 g/mol. The Morgan fingerprint density at radius 3 is 1.52 bits per heavy atom. The molecule has 0 bridgehead atoms. The Balaban J connectivity index is 0.00000245. The van der Waals surface area contributed by atoms with E-state index < -0.39 is 8.69 Å². The van der Waals surface area contributed by atoms with Crippen molar-refractivity contribution in [2.45, 2.75) is 103 Å². The summed E-state index contributed by atoms with van der Waals surface area (Å²) in [5.41, 5.74) is 1.46. The van der Waals surface area contributed by atoms with E-state index in [2.05, 4.69) is 51.4 Å². The van der Waals surface area contributed by atoms with Crippen LogP contribution in [0.25, 0.3) is 0 Å². The smallest absolute Gasteiger partial charge is 0.324 e. The van der Waals surface area contributed by atoms with Crippen LogP contribution in [0, 0.1) is 0 Å². The standard InChI is InChI=1S/C25H46N.HO2P/c1-4-5-6-7-8-9-10-11-12-13-14-15-16-20-23-26(2,3)24-25-21-18-17-19-22-25;1-3-2/h17-19,21-22H,4-16,20,23-24H2,1-3H3;(H,1,2)/q+1;. The lowest BCUT2D eigenvalue weighted by atomic mass is 10.0. The molecule has 0 aliphatic heterocycles. The van der Waals surface area contributed by atoms with Gasteiger partial charge in [-0.3, -0.25) is 0 Å². The summed E-state index contributed by atoms with van der Waals surface area (Å²) < 4.78 is 9.57. The van der Waals surface area contributed by atoms with Crippen LogP contribution in [-0.4, -0.2) is 30.0 Å². The Bertz CT molecular complexity index is 465. The van der Waals surface area contributed by atoms with Crippen molar-refractivity contribution >= 4 is 8.69 Å². The van der Waals surface area contributed by atoms with Crippen molar-refractivity contribution in [2.24, 2.45) is 0 Å². The fourth-order valence-corrected chi connectivity index (χ4v) is 3.89. The Labute approximate surface area is 182 Å². The van der Waals surface area contributed by atoms with Crippen molar-refractivity contribution in [3.05, 3.63) is 35.9 Å². The van der Waals surface area contributed by atoms with E-state index in [1.54, 1.807) is 0 Å². The van der Waals surface area contributed by atoms with Crippen molar-refractivity contribution in [3.63, 3.8) is 0 Å². The minimum Gasteiger partial charge on any atom is -0.325 e. The molecule has 3 nitrogen and oxygen atoms in total. The van der Waals surface area contributed by atoms with E-state index in [9.17, 15) is 0 Å². The fraction of sp³-hybridized carbons (Fsp3) is 0.760. The molecule has 0 aliphatic rings. The molecule has 0 aromatic heterocycles. The van der Waals surface area contributed by atoms with Crippen molar-refractivity contribution in [1.29, 1.82) is 0 Å². The topological polar surface area (TPSA) is 37.3 Å². The predicted molar refractivity (Wildman–Crippen MR) is 127 cm³/mol. The molecule has 0 saturated heterocycles. The molecule has 0 unspecified atom stereocenters. The number of quaternary nitrogens is 1. The molecule has 1 aromatic carbocycles. The molecule has 0 saturated carbocycles. The molecule has 0 fully saturated rings. The first kappa shape index (κ1) is 28.2. The summed E-state index contributed by atoms with van der Waals surface area (Å²) in [5.74, 6) is 0. The highest BCUT2D eigenvalue weighted by molar-refractivity contribution is 7.16. The zero-order chi connectivity index (χ0) is 21.6. The van der Waals surface area contributed by atoms with Gasteiger partial charge in [-0.15, -0.1) is 0 Å². The fourth-order valence-electron chi connectivity index (χ4n) is 3.89. The number of hydrogen-bond donors (Lipinski definition) is 1. The summed E-state index contributed by atoms with van der Waals surface area (Å²) in [6.07, 6.45) is 20.2. The number of nitrogens with zero attached hydrogens (tertiary/aromatic N) is 1. The summed E-state index contributed by atoms with van der Waals surface area (Å²) in [4.78, 5) is 6.99. The number of rotatable bonds is 17. The van der Waals surface area contributed by atoms with E-state index in [0.717, 1.165) is 11.0 Å². The van der Waals surface area contributed by atoms with E-state index in [1.807, 2.05) is 0 Å². The minimum absolute atomic E-state index is 0.833. The highest BCUT2D eigenvalue weighted by atomic mass is 31.1. The lowest BCUT2D eigenvalue weighted by Gasteiger charge is -2.30. The lowest BCUT2D eigenvalue weighted by Crippen LogP contribution is -2.39. The minimum atomic E-state index is -0.833. The van der Waals surface area contributed by atoms with Crippen LogP contribution in [0.1, 0.15) is 102 Å². The third-order valence-corrected chi connectivity index (χ3v) is 5.57. The van der Waals surface area contributed by atoms with E-state index in [4.69, 9.17) is 9.46 Å². The molecule has 1 N–H and O–H groups in total. The third kappa shape index (κ3) is 20.3. The van der Waals surface area contributed by atoms with Gasteiger partial charge in [0.15, 0.2) is 0 Å². The lowest BCUT2D eigenvalue weighted by molar-refractivity contribution is -0.903. The second-order valence-corrected chi connectivity index (χ2v) is 9.14. The van der Waals surface area contributed by atoms with Crippen LogP contribution < -0.4 is 0 Å². The average Bonchev–Trinajstić information content (AvgIpc) is 2.69. The Morgan fingerprint density at radius 1 is 0.724 bits per heavy atom. The van der Waals surface area contributed by atoms with Gasteiger partial charge in [-0.1, -0.05) is 114 Å². The van der Waals surface area contributed by atoms with Crippen molar-refractivity contribution in [3.8, 4) is 0 Å². The molecule has 0 radical (unpaired) electrons. The van der Waals surface area contributed by atoms with Gasteiger partial charge in [0.25, 0.3) is 0 Å². The van der Waals surface area contributed by atoms with Gasteiger partial charge in [0.1, 0.15) is 6.54 Å². The first-order chi connectivity index (χ1) is 14.1. The Morgan fingerprint density at radius 2 is 1.10 bits per heavy atom. The SMILES string of the molecule is CCCCCCCCCCCCCCCC[N+](C)(C)Cc1ccccc1.O=PO. The Hall–Kier alpha value is -0.760. The highest BCUT2D eigenvalue weighted by Gasteiger charge is 2.14. The molecule has 1 aromatic rings. The molecule has 0 amide bonds. The Kier molecular flexibility index (Phi) is 20.0. The van der Waals surface area contributed by atoms with Crippen LogP contribution in [-0.2, 0) is 11.1 Å².